The molecule has 8 nitrogen and oxygen atoms in total. The van der Waals surface area contributed by atoms with E-state index in [9.17, 15) is 15.2 Å². The average molecular weight is 581 g/mol. The summed E-state index contributed by atoms with van der Waals surface area (Å²) in [6.07, 6.45) is 7.33. The second-order valence-electron chi connectivity index (χ2n) is 12.7. The van der Waals surface area contributed by atoms with Gasteiger partial charge in [-0.3, -0.25) is 4.79 Å². The number of alkyl halides is 1. The number of amidine groups is 1. The molecule has 3 N–H and O–H groups in total. The fourth-order valence-corrected chi connectivity index (χ4v) is 5.50. The lowest BCUT2D eigenvalue weighted by Crippen LogP contribution is -2.57. The number of hydrogen-bond donors (Lipinski definition) is 3. The minimum Gasteiger partial charge on any atom is -0.390 e. The quantitative estimate of drug-likeness (QED) is 0.0964. The number of amides is 1. The van der Waals surface area contributed by atoms with Crippen molar-refractivity contribution in [1.29, 1.82) is 5.26 Å². The first kappa shape index (κ1) is 33.3. The Labute approximate surface area is 251 Å². The maximum absolute atomic E-state index is 15.7. The standard InChI is InChI=1S/C33H49FN6O2/c1-8-9-30(38-29-11-10-23(2)31(17-29)39(22-41)15-13-32(5,6)42)26(18-35)19-37-25(4)40-20-24(3)33(7,34)27(21-40)16-28-12-14-36-28/h9-11,17,19,22,24,27-28,36,38,42H,8,12-16,20-21H2,1-7H3/b26-19-,30-9-,37-25?. The maximum Gasteiger partial charge on any atom is 0.214 e. The highest BCUT2D eigenvalue weighted by Crippen LogP contribution is 2.39. The van der Waals surface area contributed by atoms with Gasteiger partial charge in [-0.15, -0.1) is 0 Å². The molecule has 9 heteroatoms. The van der Waals surface area contributed by atoms with E-state index in [0.29, 0.717) is 49.8 Å². The molecule has 1 aromatic rings. The zero-order chi connectivity index (χ0) is 31.1. The third kappa shape index (κ3) is 8.65. The number of anilines is 2. The molecule has 0 radical (unpaired) electrons. The largest absolute Gasteiger partial charge is 0.390 e. The number of benzene rings is 1. The summed E-state index contributed by atoms with van der Waals surface area (Å²) in [6, 6.07) is 8.37. The highest BCUT2D eigenvalue weighted by Gasteiger charge is 2.46. The highest BCUT2D eigenvalue weighted by molar-refractivity contribution is 5.81. The molecular formula is C33H49FN6O2. The first-order valence-corrected chi connectivity index (χ1v) is 15.1. The topological polar surface area (TPSA) is 104 Å². The third-order valence-corrected chi connectivity index (χ3v) is 8.74. The zero-order valence-corrected chi connectivity index (χ0v) is 26.4. The number of nitriles is 1. The van der Waals surface area contributed by atoms with Gasteiger partial charge in [0.25, 0.3) is 0 Å². The monoisotopic (exact) mass is 580 g/mol. The maximum atomic E-state index is 15.7. The van der Waals surface area contributed by atoms with Gasteiger partial charge in [0.05, 0.1) is 16.9 Å². The summed E-state index contributed by atoms with van der Waals surface area (Å²) >= 11 is 0. The Bertz CT molecular complexity index is 1220. The second kappa shape index (κ2) is 14.3. The number of piperidine rings is 1. The number of aliphatic hydroxyl groups is 1. The Morgan fingerprint density at radius 2 is 2.12 bits per heavy atom. The Morgan fingerprint density at radius 1 is 1.40 bits per heavy atom. The molecule has 0 aromatic heterocycles. The van der Waals surface area contributed by atoms with Gasteiger partial charge in [-0.05, 0) is 84.5 Å². The van der Waals surface area contributed by atoms with Crippen LogP contribution in [-0.2, 0) is 4.79 Å². The number of aryl methyl sites for hydroxylation is 1. The number of hydrogen-bond acceptors (Lipinski definition) is 6. The Hall–Kier alpha value is -3.22. The number of halogens is 1. The van der Waals surface area contributed by atoms with Crippen LogP contribution in [0.15, 0.2) is 46.7 Å². The van der Waals surface area contributed by atoms with Crippen molar-refractivity contribution in [3.05, 3.63) is 47.3 Å². The number of nitrogens with zero attached hydrogens (tertiary/aromatic N) is 4. The van der Waals surface area contributed by atoms with Gasteiger partial charge in [-0.2, -0.15) is 5.26 Å². The molecule has 0 aliphatic carbocycles. The molecule has 42 heavy (non-hydrogen) atoms. The molecule has 0 spiro atoms. The molecule has 2 heterocycles. The normalized spacial score (nSPS) is 25.5. The number of rotatable bonds is 12. The number of aliphatic imine (C=N–C) groups is 1. The third-order valence-electron chi connectivity index (χ3n) is 8.74. The number of likely N-dealkylation sites (tertiary alicyclic amines) is 1. The molecule has 2 fully saturated rings. The van der Waals surface area contributed by atoms with Gasteiger partial charge in [0.15, 0.2) is 0 Å². The van der Waals surface area contributed by atoms with Crippen molar-refractivity contribution in [1.82, 2.24) is 10.2 Å². The summed E-state index contributed by atoms with van der Waals surface area (Å²) in [6.45, 7) is 15.6. The smallest absolute Gasteiger partial charge is 0.214 e. The zero-order valence-electron chi connectivity index (χ0n) is 26.4. The van der Waals surface area contributed by atoms with Crippen LogP contribution >= 0.6 is 0 Å². The van der Waals surface area contributed by atoms with E-state index >= 15 is 4.39 Å². The molecule has 1 aromatic carbocycles. The molecule has 0 saturated carbocycles. The van der Waals surface area contributed by atoms with Crippen molar-refractivity contribution in [2.24, 2.45) is 16.8 Å². The predicted octanol–water partition coefficient (Wildman–Crippen LogP) is 5.70. The fraction of sp³-hybridized carbons (Fsp3) is 0.606. The van der Waals surface area contributed by atoms with Crippen LogP contribution in [-0.4, -0.2) is 65.7 Å². The number of carbonyl (C=O) groups is 1. The first-order valence-electron chi connectivity index (χ1n) is 15.1. The predicted molar refractivity (Wildman–Crippen MR) is 169 cm³/mol. The van der Waals surface area contributed by atoms with E-state index in [1.54, 1.807) is 31.9 Å². The number of allylic oxidation sites excluding steroid dienone is 2. The van der Waals surface area contributed by atoms with Crippen LogP contribution in [0, 0.1) is 30.1 Å². The molecule has 3 rings (SSSR count). The van der Waals surface area contributed by atoms with Crippen LogP contribution < -0.4 is 15.5 Å². The van der Waals surface area contributed by atoms with Gasteiger partial charge in [-0.1, -0.05) is 26.0 Å². The summed E-state index contributed by atoms with van der Waals surface area (Å²) in [5, 5.41) is 27.0. The van der Waals surface area contributed by atoms with Gasteiger partial charge in [0, 0.05) is 55.1 Å². The number of carbonyl (C=O) groups excluding carboxylic acids is 1. The first-order chi connectivity index (χ1) is 19.8. The van der Waals surface area contributed by atoms with E-state index in [1.807, 2.05) is 52.0 Å². The van der Waals surface area contributed by atoms with Gasteiger partial charge in [-0.25, -0.2) is 9.38 Å². The fourth-order valence-electron chi connectivity index (χ4n) is 5.50. The van der Waals surface area contributed by atoms with Crippen LogP contribution in [0.5, 0.6) is 0 Å². The highest BCUT2D eigenvalue weighted by atomic mass is 19.1. The molecule has 4 atom stereocenters. The lowest BCUT2D eigenvalue weighted by molar-refractivity contribution is -0.107. The van der Waals surface area contributed by atoms with Crippen LogP contribution in [0.25, 0.3) is 0 Å². The van der Waals surface area contributed by atoms with Crippen molar-refractivity contribution in [2.45, 2.75) is 91.5 Å². The van der Waals surface area contributed by atoms with E-state index in [-0.39, 0.29) is 11.8 Å². The summed E-state index contributed by atoms with van der Waals surface area (Å²) in [4.78, 5) is 20.3. The van der Waals surface area contributed by atoms with Crippen molar-refractivity contribution < 1.29 is 14.3 Å². The Kier molecular flexibility index (Phi) is 11.3. The van der Waals surface area contributed by atoms with Crippen molar-refractivity contribution >= 4 is 23.6 Å². The minimum absolute atomic E-state index is 0.0917. The van der Waals surface area contributed by atoms with E-state index in [1.165, 1.54) is 0 Å². The minimum atomic E-state index is -1.23. The van der Waals surface area contributed by atoms with Gasteiger partial charge < -0.3 is 25.5 Å². The van der Waals surface area contributed by atoms with Crippen molar-refractivity contribution in [3.8, 4) is 6.07 Å². The molecule has 1 amide bonds. The van der Waals surface area contributed by atoms with E-state index in [0.717, 1.165) is 48.6 Å². The molecule has 2 aliphatic rings. The average Bonchev–Trinajstić information content (AvgIpc) is 2.90. The van der Waals surface area contributed by atoms with Gasteiger partial charge in [0.2, 0.25) is 6.41 Å². The van der Waals surface area contributed by atoms with Gasteiger partial charge in [0.1, 0.15) is 17.6 Å². The van der Waals surface area contributed by atoms with Gasteiger partial charge >= 0.3 is 0 Å². The lowest BCUT2D eigenvalue weighted by atomic mass is 9.73. The lowest BCUT2D eigenvalue weighted by Gasteiger charge is -2.48. The SMILES string of the molecule is CC/C=C(Nc1ccc(C)c(N(C=O)CCC(C)(C)O)c1)/C(C#N)=C\N=C(C)N1CC(C)C(C)(F)C(CC2CCN2)C1. The van der Waals surface area contributed by atoms with Crippen LogP contribution in [0.4, 0.5) is 15.8 Å². The van der Waals surface area contributed by atoms with Crippen molar-refractivity contribution in [3.63, 3.8) is 0 Å². The second-order valence-corrected chi connectivity index (χ2v) is 12.7. The molecule has 0 bridgehead atoms. The molecule has 2 saturated heterocycles. The Morgan fingerprint density at radius 3 is 2.69 bits per heavy atom. The van der Waals surface area contributed by atoms with Crippen LogP contribution in [0.3, 0.4) is 0 Å². The summed E-state index contributed by atoms with van der Waals surface area (Å²) in [5.41, 5.74) is 1.26. The van der Waals surface area contributed by atoms with Crippen LogP contribution in [0.2, 0.25) is 0 Å². The van der Waals surface area contributed by atoms with E-state index in [4.69, 9.17) is 0 Å². The van der Waals surface area contributed by atoms with E-state index < -0.39 is 11.3 Å². The molecule has 2 aliphatic heterocycles. The summed E-state index contributed by atoms with van der Waals surface area (Å²) < 4.78 is 15.7. The summed E-state index contributed by atoms with van der Waals surface area (Å²) in [5.74, 6) is 0.535. The Balaban J connectivity index is 1.80. The molecular weight excluding hydrogens is 531 g/mol. The number of nitrogens with one attached hydrogen (secondary N) is 2. The van der Waals surface area contributed by atoms with Crippen LogP contribution in [0.1, 0.15) is 72.8 Å². The van der Waals surface area contributed by atoms with Crippen molar-refractivity contribution in [2.75, 3.05) is 36.4 Å². The molecule has 230 valence electrons. The van der Waals surface area contributed by atoms with E-state index in [2.05, 4.69) is 26.6 Å². The summed E-state index contributed by atoms with van der Waals surface area (Å²) in [7, 11) is 0. The molecule has 4 unspecified atom stereocenters.